The molecule has 5 rings (SSSR count). The van der Waals surface area contributed by atoms with E-state index in [1.54, 1.807) is 43.5 Å². The zero-order valence-corrected chi connectivity index (χ0v) is 42.5. The minimum atomic E-state index is -1.58. The smallest absolute Gasteiger partial charge is 0.243 e. The molecule has 75 heavy (non-hydrogen) atoms. The molecule has 4 aromatic rings. The van der Waals surface area contributed by atoms with Crippen molar-refractivity contribution in [1.29, 1.82) is 0 Å². The number of H-pyrrole nitrogens is 2. The number of aliphatic imine (C=N–C) groups is 1. The van der Waals surface area contributed by atoms with Crippen LogP contribution >= 0.6 is 0 Å². The van der Waals surface area contributed by atoms with Gasteiger partial charge in [0.25, 0.3) is 0 Å². The Morgan fingerprint density at radius 1 is 0.787 bits per heavy atom. The van der Waals surface area contributed by atoms with Crippen LogP contribution in [0.1, 0.15) is 101 Å². The number of aromatic nitrogens is 3. The second-order valence-corrected chi connectivity index (χ2v) is 18.6. The molecule has 2 aromatic heterocycles. The molecule has 3 heterocycles. The average molecular weight is 1040 g/mol. The number of guanidine groups is 1. The van der Waals surface area contributed by atoms with Gasteiger partial charge in [-0.25, -0.2) is 4.98 Å². The summed E-state index contributed by atoms with van der Waals surface area (Å²) in [4.78, 5) is 140. The minimum Gasteiger partial charge on any atom is -0.370 e. The molecule has 0 radical (unpaired) electrons. The average Bonchev–Trinajstić information content (AvgIpc) is 4.06. The number of primary amides is 1. The Kier molecular flexibility index (Phi) is 22.1. The van der Waals surface area contributed by atoms with E-state index in [4.69, 9.17) is 17.2 Å². The van der Waals surface area contributed by atoms with Crippen LogP contribution < -0.4 is 59.7 Å². The number of hydrogen-bond acceptors (Lipinski definition) is 11. The van der Waals surface area contributed by atoms with Crippen molar-refractivity contribution in [2.75, 3.05) is 13.1 Å². The normalized spacial score (nSPS) is 21.6. The standard InChI is InChI=1S/C51H71N15O9/c1-4-5-17-37(60-30(3)67)45(70)65-41-25-42(68)56-21-12-11-19-36(44(52)69)61-47(72)39(23-32-26-58-35-18-10-9-16-34(32)35)63-46(71)38(20-13-22-57-51(53)54)62-50(75)43(29(2)31-14-7-6-8-15-31)66-49(74)40(64-48(41)73)24-33-27-55-28-59-33/h6-10,14-16,18,26-29,36-41,43,58H,4-5,11-13,17,19-25H2,1-3H3,(H2,52,69)(H,55,59)(H,56,68)(H,60,67)(H,61,72)(H,62,75)(H,63,71)(H,64,73)(H,65,70)(H,66,74)(H4,53,54,57)/t29-,36-,37-,38-,39-,40-,41-,43+/m0/s1. The first kappa shape index (κ1) is 57.6. The summed E-state index contributed by atoms with van der Waals surface area (Å²) in [5.74, 6) is -7.89. The van der Waals surface area contributed by atoms with Crippen molar-refractivity contribution < 1.29 is 43.2 Å². The van der Waals surface area contributed by atoms with Gasteiger partial charge in [0.05, 0.1) is 12.7 Å². The SMILES string of the molecule is CCCC[C@H](NC(C)=O)C(=O)N[C@H]1CC(=O)NCCCC[C@@H](C(N)=O)NC(=O)[C@H](Cc2c[nH]c3ccccc23)NC(=O)[C@H](CCCN=C(N)N)NC(=O)[C@@H]([C@@H](C)c2ccccc2)NC(=O)[C@H](Cc2cnc[nH]2)NC1=O. The van der Waals surface area contributed by atoms with Crippen LogP contribution in [0, 0.1) is 0 Å². The van der Waals surface area contributed by atoms with Gasteiger partial charge < -0.3 is 69.7 Å². The molecule has 1 aliphatic rings. The monoisotopic (exact) mass is 1040 g/mol. The van der Waals surface area contributed by atoms with Gasteiger partial charge in [0, 0.05) is 67.8 Å². The quantitative estimate of drug-likeness (QED) is 0.0355. The van der Waals surface area contributed by atoms with E-state index in [0.717, 1.165) is 10.9 Å². The molecule has 9 amide bonds. The fourth-order valence-corrected chi connectivity index (χ4v) is 8.67. The van der Waals surface area contributed by atoms with Crippen LogP contribution in [0.4, 0.5) is 0 Å². The van der Waals surface area contributed by atoms with Crippen LogP contribution in [0.5, 0.6) is 0 Å². The lowest BCUT2D eigenvalue weighted by Gasteiger charge is -2.30. The number of nitrogens with two attached hydrogens (primary N) is 3. The lowest BCUT2D eigenvalue weighted by atomic mass is 9.91. The number of rotatable bonds is 17. The second kappa shape index (κ2) is 28.8. The third kappa shape index (κ3) is 18.0. The molecule has 16 N–H and O–H groups in total. The molecule has 0 bridgehead atoms. The summed E-state index contributed by atoms with van der Waals surface area (Å²) in [5.41, 5.74) is 19.4. The van der Waals surface area contributed by atoms with E-state index in [2.05, 4.69) is 62.5 Å². The molecular formula is C51H71N15O9. The predicted molar refractivity (Wildman–Crippen MR) is 278 cm³/mol. The van der Waals surface area contributed by atoms with Gasteiger partial charge in [-0.2, -0.15) is 0 Å². The number of aromatic amines is 2. The summed E-state index contributed by atoms with van der Waals surface area (Å²) in [6, 6.07) is 6.67. The van der Waals surface area contributed by atoms with Crippen molar-refractivity contribution >= 4 is 70.0 Å². The summed E-state index contributed by atoms with van der Waals surface area (Å²) in [6.07, 6.45) is 5.80. The summed E-state index contributed by atoms with van der Waals surface area (Å²) >= 11 is 0. The first-order valence-corrected chi connectivity index (χ1v) is 25.2. The highest BCUT2D eigenvalue weighted by atomic mass is 16.2. The first-order valence-electron chi connectivity index (χ1n) is 25.2. The van der Waals surface area contributed by atoms with Crippen molar-refractivity contribution in [3.05, 3.63) is 90.1 Å². The molecule has 0 saturated carbocycles. The van der Waals surface area contributed by atoms with Crippen molar-refractivity contribution in [2.45, 2.75) is 140 Å². The van der Waals surface area contributed by atoms with Crippen molar-refractivity contribution in [2.24, 2.45) is 22.2 Å². The van der Waals surface area contributed by atoms with Gasteiger partial charge in [-0.3, -0.25) is 48.1 Å². The number of hydrogen-bond donors (Lipinski definition) is 13. The van der Waals surface area contributed by atoms with Gasteiger partial charge >= 0.3 is 0 Å². The Labute approximate surface area is 434 Å². The molecule has 1 fully saturated rings. The number of fused-ring (bicyclic) bond motifs is 1. The van der Waals surface area contributed by atoms with E-state index in [9.17, 15) is 43.2 Å². The topological polar surface area (TPSA) is 385 Å². The maximum atomic E-state index is 14.9. The van der Waals surface area contributed by atoms with Crippen molar-refractivity contribution in [3.8, 4) is 0 Å². The third-order valence-electron chi connectivity index (χ3n) is 12.8. The largest absolute Gasteiger partial charge is 0.370 e. The second-order valence-electron chi connectivity index (χ2n) is 18.6. The number of unbranched alkanes of at least 4 members (excludes halogenated alkanes) is 1. The summed E-state index contributed by atoms with van der Waals surface area (Å²) in [6.45, 7) is 4.94. The van der Waals surface area contributed by atoms with Crippen LogP contribution in [0.15, 0.2) is 78.3 Å². The predicted octanol–water partition coefficient (Wildman–Crippen LogP) is -0.687. The molecule has 0 spiro atoms. The molecular weight excluding hydrogens is 967 g/mol. The molecule has 404 valence electrons. The molecule has 1 aliphatic heterocycles. The molecule has 8 atom stereocenters. The molecule has 0 unspecified atom stereocenters. The molecule has 1 saturated heterocycles. The van der Waals surface area contributed by atoms with E-state index >= 15 is 0 Å². The van der Waals surface area contributed by atoms with E-state index in [0.29, 0.717) is 29.7 Å². The number of nitrogens with zero attached hydrogens (tertiary/aromatic N) is 2. The lowest BCUT2D eigenvalue weighted by Crippen LogP contribution is -2.61. The van der Waals surface area contributed by atoms with E-state index in [-0.39, 0.29) is 70.4 Å². The molecule has 2 aromatic carbocycles. The molecule has 24 nitrogen and oxygen atoms in total. The van der Waals surface area contributed by atoms with E-state index in [1.807, 2.05) is 31.2 Å². The van der Waals surface area contributed by atoms with Gasteiger partial charge in [0.15, 0.2) is 5.96 Å². The summed E-state index contributed by atoms with van der Waals surface area (Å²) in [7, 11) is 0. The third-order valence-corrected chi connectivity index (χ3v) is 12.8. The molecule has 24 heteroatoms. The van der Waals surface area contributed by atoms with Crippen molar-refractivity contribution in [3.63, 3.8) is 0 Å². The first-order chi connectivity index (χ1) is 35.9. The van der Waals surface area contributed by atoms with E-state index < -0.39 is 108 Å². The Morgan fingerprint density at radius 2 is 1.47 bits per heavy atom. The summed E-state index contributed by atoms with van der Waals surface area (Å²) < 4.78 is 0. The van der Waals surface area contributed by atoms with Gasteiger partial charge in [0.1, 0.15) is 42.3 Å². The van der Waals surface area contributed by atoms with Crippen LogP contribution in [0.2, 0.25) is 0 Å². The van der Waals surface area contributed by atoms with E-state index in [1.165, 1.54) is 19.4 Å². The van der Waals surface area contributed by atoms with Gasteiger partial charge in [-0.15, -0.1) is 0 Å². The maximum absolute atomic E-state index is 14.9. The Hall–Kier alpha value is -8.31. The van der Waals surface area contributed by atoms with Crippen LogP contribution in [0.25, 0.3) is 10.9 Å². The van der Waals surface area contributed by atoms with Crippen molar-refractivity contribution in [1.82, 2.24) is 57.5 Å². The summed E-state index contributed by atoms with van der Waals surface area (Å²) in [5, 5.41) is 22.5. The fourth-order valence-electron chi connectivity index (χ4n) is 8.67. The highest BCUT2D eigenvalue weighted by molar-refractivity contribution is 5.99. The maximum Gasteiger partial charge on any atom is 0.243 e. The Balaban J connectivity index is 1.57. The minimum absolute atomic E-state index is 0.0390. The van der Waals surface area contributed by atoms with Crippen LogP contribution in [-0.2, 0) is 56.0 Å². The zero-order valence-electron chi connectivity index (χ0n) is 42.5. The number of carbonyl (C=O) groups is 9. The fraction of sp³-hybridized carbons (Fsp3) is 0.471. The number of para-hydroxylation sites is 1. The van der Waals surface area contributed by atoms with Gasteiger partial charge in [-0.1, -0.05) is 75.2 Å². The lowest BCUT2D eigenvalue weighted by molar-refractivity contribution is -0.136. The van der Waals surface area contributed by atoms with Gasteiger partial charge in [-0.05, 0) is 55.7 Å². The Bertz CT molecular complexity index is 2620. The number of benzene rings is 2. The number of carbonyl (C=O) groups excluding carboxylic acids is 9. The highest BCUT2D eigenvalue weighted by Crippen LogP contribution is 2.22. The van der Waals surface area contributed by atoms with Gasteiger partial charge in [0.2, 0.25) is 53.2 Å². The van der Waals surface area contributed by atoms with Crippen LogP contribution in [-0.4, -0.2) is 129 Å². The molecule has 0 aliphatic carbocycles. The zero-order chi connectivity index (χ0) is 54.4. The highest BCUT2D eigenvalue weighted by Gasteiger charge is 2.37. The Morgan fingerprint density at radius 3 is 2.16 bits per heavy atom. The number of imidazole rings is 1. The number of amides is 9. The number of nitrogens with one attached hydrogen (secondary N) is 10. The van der Waals surface area contributed by atoms with Crippen LogP contribution in [0.3, 0.4) is 0 Å².